The van der Waals surface area contributed by atoms with Crippen LogP contribution in [0.3, 0.4) is 0 Å². The van der Waals surface area contributed by atoms with Crippen molar-refractivity contribution in [2.75, 3.05) is 33.9 Å². The van der Waals surface area contributed by atoms with Crippen LogP contribution in [0, 0.1) is 5.82 Å². The van der Waals surface area contributed by atoms with Gasteiger partial charge in [0, 0.05) is 55.7 Å². The molecule has 2 aliphatic heterocycles. The van der Waals surface area contributed by atoms with E-state index in [4.69, 9.17) is 37.4 Å². The minimum absolute atomic E-state index is 0.0388. The van der Waals surface area contributed by atoms with Gasteiger partial charge < -0.3 is 24.0 Å². The van der Waals surface area contributed by atoms with Gasteiger partial charge in [0.25, 0.3) is 0 Å². The lowest BCUT2D eigenvalue weighted by Crippen LogP contribution is -2.52. The number of carbonyl (C=O) groups excluding carboxylic acids is 3. The van der Waals surface area contributed by atoms with E-state index in [1.54, 1.807) is 42.2 Å². The highest BCUT2D eigenvalue weighted by Crippen LogP contribution is 2.34. The van der Waals surface area contributed by atoms with E-state index in [-0.39, 0.29) is 49.3 Å². The van der Waals surface area contributed by atoms with Gasteiger partial charge >= 0.3 is 6.03 Å². The lowest BCUT2D eigenvalue weighted by molar-refractivity contribution is -0.134. The predicted molar refractivity (Wildman–Crippen MR) is 163 cm³/mol. The zero-order valence-electron chi connectivity index (χ0n) is 24.4. The number of hydrogen-bond donors (Lipinski definition) is 0. The van der Waals surface area contributed by atoms with E-state index < -0.39 is 11.8 Å². The van der Waals surface area contributed by atoms with E-state index in [1.807, 2.05) is 12.1 Å². The van der Waals surface area contributed by atoms with E-state index in [0.29, 0.717) is 59.5 Å². The third-order valence-electron chi connectivity index (χ3n) is 7.75. The number of hydrogen-bond acceptors (Lipinski definition) is 6. The minimum atomic E-state index is -0.571. The second-order valence-electron chi connectivity index (χ2n) is 10.6. The number of halogens is 3. The Bertz CT molecular complexity index is 1590. The van der Waals surface area contributed by atoms with Crippen molar-refractivity contribution < 1.29 is 33.0 Å². The number of nitrogens with zero attached hydrogens (tertiary/aromatic N) is 3. The SMILES string of the molecule is COc1cc2c(cc1OC)CN(C(=O)CCCN1C(=O)CCN(Cc3ccc(Cl)cc3Oc3ccc(F)c(Cl)c3)C1=O)CC2. The van der Waals surface area contributed by atoms with Crippen molar-refractivity contribution in [1.82, 2.24) is 14.7 Å². The van der Waals surface area contributed by atoms with Crippen LogP contribution in [0.4, 0.5) is 9.18 Å². The van der Waals surface area contributed by atoms with Gasteiger partial charge in [-0.1, -0.05) is 29.3 Å². The summed E-state index contributed by atoms with van der Waals surface area (Å²) in [7, 11) is 3.17. The molecule has 0 spiro atoms. The van der Waals surface area contributed by atoms with E-state index >= 15 is 0 Å². The standard InChI is InChI=1S/C32H32Cl2FN3O6/c1-42-28-14-20-9-12-36(19-22(20)15-29(28)43-2)30(39)4-3-11-38-31(40)10-13-37(32(38)41)18-21-5-6-23(33)16-27(21)44-24-7-8-26(35)25(34)17-24/h5-8,14-17H,3-4,9-13,18-19H2,1-2H3. The van der Waals surface area contributed by atoms with Crippen LogP contribution in [-0.2, 0) is 29.1 Å². The summed E-state index contributed by atoms with van der Waals surface area (Å²) in [6.45, 7) is 1.56. The van der Waals surface area contributed by atoms with Gasteiger partial charge in [0.15, 0.2) is 11.5 Å². The van der Waals surface area contributed by atoms with Crippen molar-refractivity contribution in [1.29, 1.82) is 0 Å². The highest BCUT2D eigenvalue weighted by atomic mass is 35.5. The molecule has 1 fully saturated rings. The number of fused-ring (bicyclic) bond motifs is 1. The maximum Gasteiger partial charge on any atom is 0.327 e. The van der Waals surface area contributed by atoms with Crippen LogP contribution in [0.2, 0.25) is 10.0 Å². The molecule has 2 aliphatic rings. The van der Waals surface area contributed by atoms with Crippen molar-refractivity contribution in [3.8, 4) is 23.0 Å². The van der Waals surface area contributed by atoms with Gasteiger partial charge in [-0.25, -0.2) is 9.18 Å². The van der Waals surface area contributed by atoms with Gasteiger partial charge in [0.2, 0.25) is 11.8 Å². The zero-order valence-corrected chi connectivity index (χ0v) is 25.9. The summed E-state index contributed by atoms with van der Waals surface area (Å²) in [6.07, 6.45) is 1.41. The topological polar surface area (TPSA) is 88.6 Å². The van der Waals surface area contributed by atoms with E-state index in [2.05, 4.69) is 0 Å². The molecular formula is C32H32Cl2FN3O6. The molecule has 0 N–H and O–H groups in total. The molecule has 4 amide bonds. The fraction of sp³-hybridized carbons (Fsp3) is 0.344. The molecule has 0 unspecified atom stereocenters. The van der Waals surface area contributed by atoms with Crippen LogP contribution in [0.1, 0.15) is 36.0 Å². The number of rotatable bonds is 10. The molecule has 3 aromatic carbocycles. The van der Waals surface area contributed by atoms with E-state index in [9.17, 15) is 18.8 Å². The molecule has 232 valence electrons. The number of benzene rings is 3. The second kappa shape index (κ2) is 13.7. The number of carbonyl (C=O) groups is 3. The van der Waals surface area contributed by atoms with Crippen molar-refractivity contribution in [2.24, 2.45) is 0 Å². The Hall–Kier alpha value is -4.02. The van der Waals surface area contributed by atoms with Gasteiger partial charge in [-0.15, -0.1) is 0 Å². The molecule has 0 saturated carbocycles. The maximum absolute atomic E-state index is 13.6. The lowest BCUT2D eigenvalue weighted by atomic mass is 9.98. The average Bonchev–Trinajstić information content (AvgIpc) is 3.02. The molecule has 0 bridgehead atoms. The second-order valence-corrected chi connectivity index (χ2v) is 11.4. The van der Waals surface area contributed by atoms with Crippen LogP contribution in [0.5, 0.6) is 23.0 Å². The molecule has 9 nitrogen and oxygen atoms in total. The molecule has 0 aliphatic carbocycles. The Morgan fingerprint density at radius 3 is 2.39 bits per heavy atom. The Kier molecular flexibility index (Phi) is 9.80. The molecule has 0 aromatic heterocycles. The van der Waals surface area contributed by atoms with Crippen LogP contribution in [0.25, 0.3) is 0 Å². The molecule has 1 saturated heterocycles. The molecule has 44 heavy (non-hydrogen) atoms. The largest absolute Gasteiger partial charge is 0.493 e. The summed E-state index contributed by atoms with van der Waals surface area (Å²) >= 11 is 12.1. The lowest BCUT2D eigenvalue weighted by Gasteiger charge is -2.34. The van der Waals surface area contributed by atoms with Crippen LogP contribution in [0.15, 0.2) is 48.5 Å². The van der Waals surface area contributed by atoms with Gasteiger partial charge in [-0.2, -0.15) is 0 Å². The van der Waals surface area contributed by atoms with Gasteiger partial charge in [0.1, 0.15) is 17.3 Å². The predicted octanol–water partition coefficient (Wildman–Crippen LogP) is 6.46. The summed E-state index contributed by atoms with van der Waals surface area (Å²) < 4.78 is 30.4. The quantitative estimate of drug-likeness (QED) is 0.252. The first-order valence-electron chi connectivity index (χ1n) is 14.2. The third kappa shape index (κ3) is 7.03. The van der Waals surface area contributed by atoms with Crippen molar-refractivity contribution >= 4 is 41.0 Å². The maximum atomic E-state index is 13.6. The molecule has 5 rings (SSSR count). The Labute approximate surface area is 265 Å². The average molecular weight is 645 g/mol. The van der Waals surface area contributed by atoms with Gasteiger partial charge in [-0.3, -0.25) is 14.5 Å². The van der Waals surface area contributed by atoms with Crippen molar-refractivity contribution in [2.45, 2.75) is 38.8 Å². The Balaban J connectivity index is 1.19. The first-order chi connectivity index (χ1) is 21.2. The van der Waals surface area contributed by atoms with Crippen molar-refractivity contribution in [3.63, 3.8) is 0 Å². The number of amides is 4. The highest BCUT2D eigenvalue weighted by molar-refractivity contribution is 6.31. The summed E-state index contributed by atoms with van der Waals surface area (Å²) in [5.41, 5.74) is 2.77. The third-order valence-corrected chi connectivity index (χ3v) is 8.28. The molecule has 2 heterocycles. The molecule has 0 radical (unpaired) electrons. The van der Waals surface area contributed by atoms with Crippen LogP contribution < -0.4 is 14.2 Å². The Morgan fingerprint density at radius 1 is 0.909 bits per heavy atom. The minimum Gasteiger partial charge on any atom is -0.493 e. The zero-order chi connectivity index (χ0) is 31.4. The van der Waals surface area contributed by atoms with E-state index in [1.165, 1.54) is 23.1 Å². The number of imide groups is 1. The summed E-state index contributed by atoms with van der Waals surface area (Å²) in [5, 5.41) is 0.329. The monoisotopic (exact) mass is 643 g/mol. The summed E-state index contributed by atoms with van der Waals surface area (Å²) in [5.74, 6) is 1.07. The molecule has 0 atom stereocenters. The fourth-order valence-electron chi connectivity index (χ4n) is 5.38. The Morgan fingerprint density at radius 2 is 1.66 bits per heavy atom. The summed E-state index contributed by atoms with van der Waals surface area (Å²) in [6, 6.07) is 12.4. The van der Waals surface area contributed by atoms with Crippen molar-refractivity contribution in [3.05, 3.63) is 81.1 Å². The molecule has 12 heteroatoms. The molecule has 3 aromatic rings. The van der Waals surface area contributed by atoms with Crippen LogP contribution >= 0.6 is 23.2 Å². The van der Waals surface area contributed by atoms with Crippen LogP contribution in [-0.4, -0.2) is 66.4 Å². The number of methoxy groups -OCH3 is 2. The first kappa shape index (κ1) is 31.4. The van der Waals surface area contributed by atoms with E-state index in [0.717, 1.165) is 11.1 Å². The smallest absolute Gasteiger partial charge is 0.327 e. The molecular weight excluding hydrogens is 612 g/mol. The highest BCUT2D eigenvalue weighted by Gasteiger charge is 2.32. The first-order valence-corrected chi connectivity index (χ1v) is 14.9. The number of ether oxygens (including phenoxy) is 3. The van der Waals surface area contributed by atoms with Gasteiger partial charge in [-0.05, 0) is 60.4 Å². The summed E-state index contributed by atoms with van der Waals surface area (Å²) in [4.78, 5) is 43.7. The normalized spacial score (nSPS) is 14.9. The van der Waals surface area contributed by atoms with Gasteiger partial charge in [0.05, 0.1) is 25.8 Å². The number of urea groups is 1. The fourth-order valence-corrected chi connectivity index (χ4v) is 5.71.